The molecule has 0 radical (unpaired) electrons. The van der Waals surface area contributed by atoms with Crippen LogP contribution in [-0.4, -0.2) is 19.5 Å². The Balaban J connectivity index is 1.11. The van der Waals surface area contributed by atoms with Crippen molar-refractivity contribution in [2.45, 2.75) is 0 Å². The molecule has 0 spiro atoms. The maximum atomic E-state index is 6.49. The van der Waals surface area contributed by atoms with Gasteiger partial charge in [-0.25, -0.2) is 15.0 Å². The van der Waals surface area contributed by atoms with Gasteiger partial charge in [0.05, 0.1) is 16.7 Å². The fraction of sp³-hybridized carbons (Fsp3) is 0. The van der Waals surface area contributed by atoms with Gasteiger partial charge in [0.2, 0.25) is 0 Å². The summed E-state index contributed by atoms with van der Waals surface area (Å²) in [5.41, 5.74) is 16.3. The smallest absolute Gasteiger partial charge is 0.164 e. The second-order valence-electron chi connectivity index (χ2n) is 17.1. The highest BCUT2D eigenvalue weighted by molar-refractivity contribution is 6.27. The first-order valence-corrected chi connectivity index (χ1v) is 22.9. The van der Waals surface area contributed by atoms with Crippen LogP contribution >= 0.6 is 0 Å². The lowest BCUT2D eigenvalue weighted by molar-refractivity contribution is 0.669. The van der Waals surface area contributed by atoms with Crippen molar-refractivity contribution in [2.75, 3.05) is 0 Å². The van der Waals surface area contributed by atoms with Gasteiger partial charge in [0, 0.05) is 49.4 Å². The van der Waals surface area contributed by atoms with E-state index in [0.717, 1.165) is 111 Å². The van der Waals surface area contributed by atoms with Crippen molar-refractivity contribution in [1.82, 2.24) is 19.5 Å². The Labute approximate surface area is 392 Å². The normalized spacial score (nSPS) is 11.5. The summed E-state index contributed by atoms with van der Waals surface area (Å²) in [6.07, 6.45) is 0. The molecule has 3 heterocycles. The molecule has 3 aromatic heterocycles. The van der Waals surface area contributed by atoms with Crippen molar-refractivity contribution < 1.29 is 4.42 Å². The molecule has 318 valence electrons. The van der Waals surface area contributed by atoms with Crippen molar-refractivity contribution in [3.05, 3.63) is 243 Å². The molecule has 68 heavy (non-hydrogen) atoms. The molecule has 13 rings (SSSR count). The first-order chi connectivity index (χ1) is 33.7. The zero-order valence-corrected chi connectivity index (χ0v) is 36.8. The van der Waals surface area contributed by atoms with Gasteiger partial charge in [-0.05, 0) is 88.0 Å². The summed E-state index contributed by atoms with van der Waals surface area (Å²) in [5.74, 6) is 1.77. The number of nitrogens with zero attached hydrogens (tertiary/aromatic N) is 4. The number of fused-ring (bicyclic) bond motifs is 7. The fourth-order valence-electron chi connectivity index (χ4n) is 9.90. The van der Waals surface area contributed by atoms with Crippen molar-refractivity contribution in [3.63, 3.8) is 0 Å². The molecule has 0 N–H and O–H groups in total. The third-order valence-corrected chi connectivity index (χ3v) is 13.0. The zero-order chi connectivity index (χ0) is 45.0. The van der Waals surface area contributed by atoms with Gasteiger partial charge in [-0.1, -0.05) is 188 Å². The minimum atomic E-state index is 0.579. The number of aromatic nitrogens is 4. The van der Waals surface area contributed by atoms with E-state index >= 15 is 0 Å². The second-order valence-corrected chi connectivity index (χ2v) is 17.1. The molecule has 0 amide bonds. The lowest BCUT2D eigenvalue weighted by atomic mass is 9.92. The van der Waals surface area contributed by atoms with Crippen LogP contribution in [0.25, 0.3) is 128 Å². The maximum Gasteiger partial charge on any atom is 0.164 e. The summed E-state index contributed by atoms with van der Waals surface area (Å²) in [6.45, 7) is 0. The average molecular weight is 869 g/mol. The maximum absolute atomic E-state index is 6.49. The number of rotatable bonds is 8. The third kappa shape index (κ3) is 6.76. The Bertz CT molecular complexity index is 3880. The van der Waals surface area contributed by atoms with E-state index < -0.39 is 0 Å². The topological polar surface area (TPSA) is 56.7 Å². The van der Waals surface area contributed by atoms with E-state index in [9.17, 15) is 0 Å². The van der Waals surface area contributed by atoms with Crippen LogP contribution in [0, 0.1) is 0 Å². The molecule has 10 aromatic carbocycles. The highest BCUT2D eigenvalue weighted by Gasteiger charge is 2.25. The molecule has 0 bridgehead atoms. The van der Waals surface area contributed by atoms with E-state index in [-0.39, 0.29) is 0 Å². The van der Waals surface area contributed by atoms with Crippen LogP contribution in [0.4, 0.5) is 0 Å². The molecule has 0 atom stereocenters. The number of hydrogen-bond acceptors (Lipinski definition) is 4. The van der Waals surface area contributed by atoms with Crippen LogP contribution in [0.5, 0.6) is 0 Å². The van der Waals surface area contributed by atoms with Gasteiger partial charge in [0.15, 0.2) is 17.5 Å². The summed E-state index contributed by atoms with van der Waals surface area (Å²) in [4.78, 5) is 16.1. The number of furan rings is 1. The Kier molecular flexibility index (Phi) is 9.43. The van der Waals surface area contributed by atoms with Crippen LogP contribution < -0.4 is 0 Å². The molecule has 0 saturated heterocycles. The summed E-state index contributed by atoms with van der Waals surface area (Å²) in [5, 5.41) is 4.53. The first kappa shape index (κ1) is 39.2. The molecule has 0 aliphatic carbocycles. The van der Waals surface area contributed by atoms with Crippen LogP contribution in [0.1, 0.15) is 0 Å². The highest BCUT2D eigenvalue weighted by atomic mass is 16.3. The molecule has 0 fully saturated rings. The van der Waals surface area contributed by atoms with Crippen LogP contribution in [0.3, 0.4) is 0 Å². The van der Waals surface area contributed by atoms with Gasteiger partial charge in [0.1, 0.15) is 11.2 Å². The predicted octanol–water partition coefficient (Wildman–Crippen LogP) is 16.5. The van der Waals surface area contributed by atoms with Gasteiger partial charge >= 0.3 is 0 Å². The highest BCUT2D eigenvalue weighted by Crippen LogP contribution is 2.46. The van der Waals surface area contributed by atoms with Crippen LogP contribution in [0.15, 0.2) is 247 Å². The molecule has 0 aliphatic heterocycles. The SMILES string of the molecule is c1ccc(-c2cc(-c3ccccc3)cc(-c3nc(-c4ccccc4)nc(-c4cc(-c5ccccc5)c(-n5c6ccccc6c6c7c(ccc65)oc5ccccc57)c(-c5ccccc5)c4)n3)c2)cc1. The van der Waals surface area contributed by atoms with E-state index in [1.54, 1.807) is 0 Å². The largest absolute Gasteiger partial charge is 0.456 e. The van der Waals surface area contributed by atoms with Crippen molar-refractivity contribution in [1.29, 1.82) is 0 Å². The Morgan fingerprint density at radius 1 is 0.279 bits per heavy atom. The Morgan fingerprint density at radius 3 is 1.26 bits per heavy atom. The Hall–Kier alpha value is -9.19. The lowest BCUT2D eigenvalue weighted by Gasteiger charge is -2.21. The molecule has 0 saturated carbocycles. The molecule has 5 heteroatoms. The van der Waals surface area contributed by atoms with E-state index in [0.29, 0.717) is 17.5 Å². The standard InChI is InChI=1S/C63H40N4O/c1-6-20-41(21-7-1)46-36-47(42-22-8-2-9-23-42)38-48(37-46)62-64-61(45-28-14-5-15-29-45)65-63(66-62)49-39-52(43-24-10-3-11-25-43)60(53(40-49)44-26-12-4-13-27-44)67-54-32-18-16-30-50(54)58-55(67)34-35-57-59(58)51-31-17-19-33-56(51)68-57/h1-40H. The van der Waals surface area contributed by atoms with E-state index in [1.165, 1.54) is 0 Å². The molecule has 13 aromatic rings. The number of hydrogen-bond donors (Lipinski definition) is 0. The van der Waals surface area contributed by atoms with E-state index in [1.807, 2.05) is 24.3 Å². The van der Waals surface area contributed by atoms with Gasteiger partial charge in [-0.3, -0.25) is 0 Å². The average Bonchev–Trinajstić information content (AvgIpc) is 3.97. The van der Waals surface area contributed by atoms with E-state index in [2.05, 4.69) is 223 Å². The van der Waals surface area contributed by atoms with Crippen molar-refractivity contribution in [2.24, 2.45) is 0 Å². The molecular weight excluding hydrogens is 829 g/mol. The molecule has 5 nitrogen and oxygen atoms in total. The quantitative estimate of drug-likeness (QED) is 0.153. The number of para-hydroxylation sites is 2. The Morgan fingerprint density at radius 2 is 0.706 bits per heavy atom. The first-order valence-electron chi connectivity index (χ1n) is 22.9. The summed E-state index contributed by atoms with van der Waals surface area (Å²) in [6, 6.07) is 85.2. The van der Waals surface area contributed by atoms with Crippen molar-refractivity contribution in [3.8, 4) is 84.4 Å². The van der Waals surface area contributed by atoms with Gasteiger partial charge in [-0.15, -0.1) is 0 Å². The molecule has 0 aliphatic rings. The zero-order valence-electron chi connectivity index (χ0n) is 36.8. The van der Waals surface area contributed by atoms with E-state index in [4.69, 9.17) is 19.4 Å². The minimum absolute atomic E-state index is 0.579. The van der Waals surface area contributed by atoms with Gasteiger partial charge < -0.3 is 8.98 Å². The monoisotopic (exact) mass is 868 g/mol. The third-order valence-electron chi connectivity index (χ3n) is 13.0. The molecule has 0 unspecified atom stereocenters. The second kappa shape index (κ2) is 16.4. The van der Waals surface area contributed by atoms with Crippen LogP contribution in [0.2, 0.25) is 0 Å². The lowest BCUT2D eigenvalue weighted by Crippen LogP contribution is -2.04. The summed E-state index contributed by atoms with van der Waals surface area (Å²) < 4.78 is 8.94. The number of benzene rings is 10. The van der Waals surface area contributed by atoms with Gasteiger partial charge in [-0.2, -0.15) is 0 Å². The fourth-order valence-corrected chi connectivity index (χ4v) is 9.90. The summed E-state index contributed by atoms with van der Waals surface area (Å²) >= 11 is 0. The summed E-state index contributed by atoms with van der Waals surface area (Å²) in [7, 11) is 0. The van der Waals surface area contributed by atoms with Gasteiger partial charge in [0.25, 0.3) is 0 Å². The van der Waals surface area contributed by atoms with Crippen molar-refractivity contribution >= 4 is 43.7 Å². The van der Waals surface area contributed by atoms with Crippen LogP contribution in [-0.2, 0) is 0 Å². The molecular formula is C63H40N4O. The minimum Gasteiger partial charge on any atom is -0.456 e. The predicted molar refractivity (Wildman–Crippen MR) is 279 cm³/mol.